The normalized spacial score (nSPS) is 12.4. The van der Waals surface area contributed by atoms with Crippen LogP contribution in [0.5, 0.6) is 0 Å². The van der Waals surface area contributed by atoms with Crippen LogP contribution in [0.1, 0.15) is 22.8 Å². The highest BCUT2D eigenvalue weighted by molar-refractivity contribution is 5.27. The number of aliphatic hydroxyl groups excluding tert-OH is 1. The smallest absolute Gasteiger partial charge is 0.159 e. The lowest BCUT2D eigenvalue weighted by atomic mass is 10.00. The van der Waals surface area contributed by atoms with E-state index in [0.717, 1.165) is 29.7 Å². The number of benzene rings is 2. The Hall–Kier alpha value is -1.78. The fourth-order valence-corrected chi connectivity index (χ4v) is 2.13. The molecule has 0 bridgehead atoms. The lowest BCUT2D eigenvalue weighted by Crippen LogP contribution is -2.03. The summed E-state index contributed by atoms with van der Waals surface area (Å²) < 4.78 is 31.0. The van der Waals surface area contributed by atoms with Crippen LogP contribution in [0.15, 0.2) is 42.5 Å². The van der Waals surface area contributed by atoms with Crippen molar-refractivity contribution >= 4 is 0 Å². The number of aliphatic hydroxyl groups is 1. The van der Waals surface area contributed by atoms with Crippen LogP contribution in [0.4, 0.5) is 8.78 Å². The van der Waals surface area contributed by atoms with Crippen molar-refractivity contribution in [3.05, 3.63) is 70.8 Å². The third-order valence-electron chi connectivity index (χ3n) is 3.37. The molecule has 0 spiro atoms. The topological polar surface area (TPSA) is 29.5 Å². The van der Waals surface area contributed by atoms with E-state index in [1.54, 1.807) is 7.11 Å². The monoisotopic (exact) mass is 292 g/mol. The molecule has 1 N–H and O–H groups in total. The molecule has 1 atom stereocenters. The van der Waals surface area contributed by atoms with E-state index in [1.165, 1.54) is 6.07 Å². The van der Waals surface area contributed by atoms with Crippen LogP contribution in [0, 0.1) is 11.6 Å². The second-order valence-electron chi connectivity index (χ2n) is 4.95. The number of ether oxygens (including phenoxy) is 1. The lowest BCUT2D eigenvalue weighted by molar-refractivity contribution is 0.178. The van der Waals surface area contributed by atoms with Crippen LogP contribution in [0.3, 0.4) is 0 Å². The van der Waals surface area contributed by atoms with Gasteiger partial charge in [0.15, 0.2) is 11.6 Å². The zero-order valence-corrected chi connectivity index (χ0v) is 11.9. The highest BCUT2D eigenvalue weighted by Gasteiger charge is 2.10. The Bertz CT molecular complexity index is 582. The quantitative estimate of drug-likeness (QED) is 0.884. The Kier molecular flexibility index (Phi) is 5.42. The van der Waals surface area contributed by atoms with Crippen molar-refractivity contribution in [1.29, 1.82) is 0 Å². The summed E-state index contributed by atoms with van der Waals surface area (Å²) in [7, 11) is 1.65. The third-order valence-corrected chi connectivity index (χ3v) is 3.37. The highest BCUT2D eigenvalue weighted by atomic mass is 19.2. The van der Waals surface area contributed by atoms with Crippen molar-refractivity contribution in [2.45, 2.75) is 18.9 Å². The van der Waals surface area contributed by atoms with Gasteiger partial charge in [0.25, 0.3) is 0 Å². The lowest BCUT2D eigenvalue weighted by Gasteiger charge is -2.12. The summed E-state index contributed by atoms with van der Waals surface area (Å²) >= 11 is 0. The van der Waals surface area contributed by atoms with E-state index >= 15 is 0 Å². The van der Waals surface area contributed by atoms with Crippen molar-refractivity contribution in [2.24, 2.45) is 0 Å². The van der Waals surface area contributed by atoms with Crippen LogP contribution >= 0.6 is 0 Å². The van der Waals surface area contributed by atoms with Gasteiger partial charge >= 0.3 is 0 Å². The number of hydrogen-bond donors (Lipinski definition) is 1. The molecule has 0 saturated carbocycles. The first-order valence-electron chi connectivity index (χ1n) is 6.80. The van der Waals surface area contributed by atoms with Gasteiger partial charge in [-0.25, -0.2) is 8.78 Å². The predicted molar refractivity (Wildman–Crippen MR) is 77.0 cm³/mol. The molecule has 0 aliphatic rings. The minimum Gasteiger partial charge on any atom is -0.388 e. The van der Waals surface area contributed by atoms with Crippen LogP contribution in [-0.4, -0.2) is 18.8 Å². The molecule has 0 fully saturated rings. The van der Waals surface area contributed by atoms with E-state index in [-0.39, 0.29) is 6.42 Å². The van der Waals surface area contributed by atoms with E-state index in [1.807, 2.05) is 24.3 Å². The van der Waals surface area contributed by atoms with Crippen LogP contribution in [-0.2, 0) is 17.6 Å². The number of methoxy groups -OCH3 is 1. The van der Waals surface area contributed by atoms with Gasteiger partial charge in [-0.15, -0.1) is 0 Å². The molecule has 2 nitrogen and oxygen atoms in total. The summed E-state index contributed by atoms with van der Waals surface area (Å²) in [6.45, 7) is 0.650. The standard InChI is InChI=1S/C17H18F2O2/c1-21-9-8-12-2-5-14(6-3-12)17(20)11-13-4-7-15(18)16(19)10-13/h2-7,10,17,20H,8-9,11H2,1H3. The van der Waals surface area contributed by atoms with Gasteiger partial charge < -0.3 is 9.84 Å². The molecule has 0 radical (unpaired) electrons. The molecule has 1 unspecified atom stereocenters. The van der Waals surface area contributed by atoms with Gasteiger partial charge in [-0.2, -0.15) is 0 Å². The molecule has 4 heteroatoms. The molecule has 0 heterocycles. The third kappa shape index (κ3) is 4.34. The van der Waals surface area contributed by atoms with Crippen molar-refractivity contribution in [2.75, 3.05) is 13.7 Å². The maximum atomic E-state index is 13.1. The highest BCUT2D eigenvalue weighted by Crippen LogP contribution is 2.20. The summed E-state index contributed by atoms with van der Waals surface area (Å²) in [5.41, 5.74) is 2.44. The fraction of sp³-hybridized carbons (Fsp3) is 0.294. The van der Waals surface area contributed by atoms with Crippen molar-refractivity contribution in [3.63, 3.8) is 0 Å². The molecular weight excluding hydrogens is 274 g/mol. The van der Waals surface area contributed by atoms with Crippen LogP contribution in [0.25, 0.3) is 0 Å². The summed E-state index contributed by atoms with van der Waals surface area (Å²) in [6, 6.07) is 11.2. The first kappa shape index (κ1) is 15.6. The van der Waals surface area contributed by atoms with Gasteiger partial charge in [0.2, 0.25) is 0 Å². The van der Waals surface area contributed by atoms with Gasteiger partial charge in [0, 0.05) is 13.5 Å². The van der Waals surface area contributed by atoms with Crippen molar-refractivity contribution < 1.29 is 18.6 Å². The Balaban J connectivity index is 2.02. The van der Waals surface area contributed by atoms with E-state index in [4.69, 9.17) is 4.74 Å². The van der Waals surface area contributed by atoms with E-state index < -0.39 is 17.7 Å². The molecule has 0 aliphatic heterocycles. The number of hydrogen-bond acceptors (Lipinski definition) is 2. The summed E-state index contributed by atoms with van der Waals surface area (Å²) in [4.78, 5) is 0. The number of halogens is 2. The molecule has 112 valence electrons. The van der Waals surface area contributed by atoms with Gasteiger partial charge in [0.1, 0.15) is 0 Å². The molecule has 21 heavy (non-hydrogen) atoms. The van der Waals surface area contributed by atoms with Crippen molar-refractivity contribution in [1.82, 2.24) is 0 Å². The second kappa shape index (κ2) is 7.29. The second-order valence-corrected chi connectivity index (χ2v) is 4.95. The first-order chi connectivity index (χ1) is 10.1. The summed E-state index contributed by atoms with van der Waals surface area (Å²) in [5, 5.41) is 10.2. The van der Waals surface area contributed by atoms with Crippen molar-refractivity contribution in [3.8, 4) is 0 Å². The Morgan fingerprint density at radius 3 is 2.29 bits per heavy atom. The van der Waals surface area contributed by atoms with E-state index in [0.29, 0.717) is 12.2 Å². The molecule has 0 aliphatic carbocycles. The zero-order valence-electron chi connectivity index (χ0n) is 11.9. The van der Waals surface area contributed by atoms with E-state index in [2.05, 4.69) is 0 Å². The van der Waals surface area contributed by atoms with Gasteiger partial charge in [-0.05, 0) is 35.2 Å². The average molecular weight is 292 g/mol. The Morgan fingerprint density at radius 2 is 1.67 bits per heavy atom. The Labute approximate surface area is 123 Å². The minimum atomic E-state index is -0.894. The molecule has 2 aromatic rings. The van der Waals surface area contributed by atoms with Crippen LogP contribution < -0.4 is 0 Å². The molecule has 0 aromatic heterocycles. The molecule has 0 saturated heterocycles. The van der Waals surface area contributed by atoms with E-state index in [9.17, 15) is 13.9 Å². The maximum Gasteiger partial charge on any atom is 0.159 e. The molecule has 2 aromatic carbocycles. The fourth-order valence-electron chi connectivity index (χ4n) is 2.13. The molecule has 0 amide bonds. The largest absolute Gasteiger partial charge is 0.388 e. The number of rotatable bonds is 6. The van der Waals surface area contributed by atoms with Crippen LogP contribution in [0.2, 0.25) is 0 Å². The van der Waals surface area contributed by atoms with Gasteiger partial charge in [-0.1, -0.05) is 30.3 Å². The molecular formula is C17H18F2O2. The summed E-state index contributed by atoms with van der Waals surface area (Å²) in [6.07, 6.45) is 0.316. The molecule has 2 rings (SSSR count). The zero-order chi connectivity index (χ0) is 15.2. The minimum absolute atomic E-state index is 0.245. The SMILES string of the molecule is COCCc1ccc(C(O)Cc2ccc(F)c(F)c2)cc1. The first-order valence-corrected chi connectivity index (χ1v) is 6.80. The predicted octanol–water partition coefficient (Wildman–Crippen LogP) is 3.43. The Morgan fingerprint density at radius 1 is 1.00 bits per heavy atom. The van der Waals surface area contributed by atoms with Gasteiger partial charge in [-0.3, -0.25) is 0 Å². The maximum absolute atomic E-state index is 13.1. The average Bonchev–Trinajstić information content (AvgIpc) is 2.49. The van der Waals surface area contributed by atoms with Gasteiger partial charge in [0.05, 0.1) is 12.7 Å². The summed E-state index contributed by atoms with van der Waals surface area (Å²) in [5.74, 6) is -1.77.